The second-order valence-corrected chi connectivity index (χ2v) is 26.3. The molecule has 0 saturated heterocycles. The molecule has 0 rings (SSSR count). The van der Waals surface area contributed by atoms with Crippen LogP contribution in [-0.2, 0) is 28.6 Å². The van der Waals surface area contributed by atoms with E-state index in [1.807, 2.05) is 0 Å². The summed E-state index contributed by atoms with van der Waals surface area (Å²) in [7, 11) is 0. The van der Waals surface area contributed by atoms with Crippen LogP contribution in [0.15, 0.2) is 12.2 Å². The van der Waals surface area contributed by atoms with E-state index in [2.05, 4.69) is 32.9 Å². The Hall–Kier alpha value is -1.85. The molecule has 0 bridgehead atoms. The maximum absolute atomic E-state index is 13.0. The molecular formula is C77H148O6. The van der Waals surface area contributed by atoms with Gasteiger partial charge in [0.15, 0.2) is 6.10 Å². The van der Waals surface area contributed by atoms with Crippen molar-refractivity contribution < 1.29 is 28.6 Å². The van der Waals surface area contributed by atoms with Crippen molar-refractivity contribution in [2.24, 2.45) is 0 Å². The zero-order chi connectivity index (χ0) is 59.9. The summed E-state index contributed by atoms with van der Waals surface area (Å²) in [5, 5.41) is 0. The lowest BCUT2D eigenvalue weighted by molar-refractivity contribution is -0.167. The van der Waals surface area contributed by atoms with Gasteiger partial charge in [-0.25, -0.2) is 0 Å². The monoisotopic (exact) mass is 1170 g/mol. The lowest BCUT2D eigenvalue weighted by Crippen LogP contribution is -2.30. The number of hydrogen-bond donors (Lipinski definition) is 0. The third kappa shape index (κ3) is 70.8. The van der Waals surface area contributed by atoms with E-state index < -0.39 is 6.10 Å². The van der Waals surface area contributed by atoms with Gasteiger partial charge in [0.2, 0.25) is 0 Å². The van der Waals surface area contributed by atoms with Crippen LogP contribution in [-0.4, -0.2) is 37.2 Å². The lowest BCUT2D eigenvalue weighted by Gasteiger charge is -2.18. The minimum Gasteiger partial charge on any atom is -0.462 e. The Labute approximate surface area is 520 Å². The van der Waals surface area contributed by atoms with E-state index in [4.69, 9.17) is 14.2 Å². The molecule has 0 saturated carbocycles. The van der Waals surface area contributed by atoms with Crippen LogP contribution in [0.3, 0.4) is 0 Å². The molecule has 83 heavy (non-hydrogen) atoms. The van der Waals surface area contributed by atoms with Gasteiger partial charge in [-0.15, -0.1) is 0 Å². The van der Waals surface area contributed by atoms with Crippen molar-refractivity contribution in [3.05, 3.63) is 12.2 Å². The molecule has 0 aliphatic heterocycles. The Morgan fingerprint density at radius 2 is 0.398 bits per heavy atom. The predicted octanol–water partition coefficient (Wildman–Crippen LogP) is 26.3. The van der Waals surface area contributed by atoms with Crippen molar-refractivity contribution in [3.63, 3.8) is 0 Å². The maximum atomic E-state index is 13.0. The summed E-state index contributed by atoms with van der Waals surface area (Å²) in [5.41, 5.74) is 0. The van der Waals surface area contributed by atoms with Gasteiger partial charge in [0.05, 0.1) is 0 Å². The average Bonchev–Trinajstić information content (AvgIpc) is 3.49. The smallest absolute Gasteiger partial charge is 0.306 e. The minimum atomic E-state index is -0.768. The molecule has 0 amide bonds. The molecule has 1 unspecified atom stereocenters. The van der Waals surface area contributed by atoms with Gasteiger partial charge in [0.25, 0.3) is 0 Å². The first-order chi connectivity index (χ1) is 41.0. The number of hydrogen-bond acceptors (Lipinski definition) is 6. The Morgan fingerprint density at radius 1 is 0.229 bits per heavy atom. The highest BCUT2D eigenvalue weighted by Crippen LogP contribution is 2.20. The van der Waals surface area contributed by atoms with Crippen molar-refractivity contribution in [2.45, 2.75) is 451 Å². The molecule has 1 atom stereocenters. The Morgan fingerprint density at radius 3 is 0.602 bits per heavy atom. The number of ether oxygens (including phenoxy) is 3. The van der Waals surface area contributed by atoms with Crippen LogP contribution in [0.2, 0.25) is 0 Å². The van der Waals surface area contributed by atoms with Crippen LogP contribution in [0.4, 0.5) is 0 Å². The van der Waals surface area contributed by atoms with E-state index in [0.29, 0.717) is 19.3 Å². The summed E-state index contributed by atoms with van der Waals surface area (Å²) < 4.78 is 17.0. The molecule has 0 heterocycles. The Bertz CT molecular complexity index is 1300. The average molecular weight is 1170 g/mol. The van der Waals surface area contributed by atoms with Crippen molar-refractivity contribution in [2.75, 3.05) is 13.2 Å². The van der Waals surface area contributed by atoms with E-state index in [1.165, 1.54) is 347 Å². The number of allylic oxidation sites excluding steroid dienone is 2. The summed E-state index contributed by atoms with van der Waals surface area (Å²) in [5.74, 6) is -0.827. The quantitative estimate of drug-likeness (QED) is 0.0261. The highest BCUT2D eigenvalue weighted by Gasteiger charge is 2.20. The topological polar surface area (TPSA) is 78.9 Å². The van der Waals surface area contributed by atoms with Crippen LogP contribution >= 0.6 is 0 Å². The third-order valence-corrected chi connectivity index (χ3v) is 17.8. The molecule has 0 aromatic rings. The first-order valence-corrected chi connectivity index (χ1v) is 38.2. The number of carbonyl (C=O) groups is 3. The SMILES string of the molecule is CCCCCCCC/C=C\CCCCCCCCCCCC(=O)OC(COC(=O)CCCCCCCCCCCCCCCCC)COC(=O)CCCCCCCCCCCCCCCCCCCCCCCCCCCCCCCCC. The molecule has 492 valence electrons. The van der Waals surface area contributed by atoms with Crippen molar-refractivity contribution in [1.29, 1.82) is 0 Å². The van der Waals surface area contributed by atoms with Gasteiger partial charge in [0, 0.05) is 19.3 Å². The molecule has 0 aliphatic rings. The van der Waals surface area contributed by atoms with Gasteiger partial charge < -0.3 is 14.2 Å². The number of carbonyl (C=O) groups excluding carboxylic acids is 3. The van der Waals surface area contributed by atoms with Gasteiger partial charge in [0.1, 0.15) is 13.2 Å². The summed E-state index contributed by atoms with van der Waals surface area (Å²) in [6, 6.07) is 0. The first-order valence-electron chi connectivity index (χ1n) is 38.2. The summed E-state index contributed by atoms with van der Waals surface area (Å²) >= 11 is 0. The van der Waals surface area contributed by atoms with E-state index >= 15 is 0 Å². The van der Waals surface area contributed by atoms with Crippen LogP contribution in [0.1, 0.15) is 445 Å². The maximum Gasteiger partial charge on any atom is 0.306 e. The van der Waals surface area contributed by atoms with Gasteiger partial charge in [-0.1, -0.05) is 392 Å². The fourth-order valence-electron chi connectivity index (χ4n) is 12.0. The zero-order valence-corrected chi connectivity index (χ0v) is 56.8. The lowest BCUT2D eigenvalue weighted by atomic mass is 10.0. The van der Waals surface area contributed by atoms with Gasteiger partial charge in [-0.2, -0.15) is 0 Å². The standard InChI is InChI=1S/C77H148O6/c1-4-7-10-13-16-19-22-25-28-30-32-33-34-35-36-37-38-39-40-41-42-43-45-46-49-52-55-58-61-64-67-70-76(79)82-73-74(72-81-75(78)69-66-63-60-57-54-51-48-27-24-21-18-15-12-9-6-3)83-77(80)71-68-65-62-59-56-53-50-47-44-31-29-26-23-20-17-14-11-8-5-2/h26,29,74H,4-25,27-28,30-73H2,1-3H3/b29-26-. The van der Waals surface area contributed by atoms with Crippen LogP contribution in [0.5, 0.6) is 0 Å². The van der Waals surface area contributed by atoms with E-state index in [1.54, 1.807) is 0 Å². The molecule has 6 nitrogen and oxygen atoms in total. The fourth-order valence-corrected chi connectivity index (χ4v) is 12.0. The van der Waals surface area contributed by atoms with E-state index in [0.717, 1.165) is 57.8 Å². The molecule has 0 aromatic heterocycles. The Kier molecular flexibility index (Phi) is 71.0. The normalized spacial score (nSPS) is 12.0. The van der Waals surface area contributed by atoms with Crippen LogP contribution < -0.4 is 0 Å². The molecule has 0 fully saturated rings. The number of unbranched alkanes of at least 4 members (excludes halogenated alkanes) is 59. The summed E-state index contributed by atoms with van der Waals surface area (Å²) in [4.78, 5) is 38.5. The summed E-state index contributed by atoms with van der Waals surface area (Å²) in [6.07, 6.45) is 88.4. The second kappa shape index (κ2) is 72.6. The number of rotatable bonds is 72. The summed E-state index contributed by atoms with van der Waals surface area (Å²) in [6.45, 7) is 6.74. The zero-order valence-electron chi connectivity index (χ0n) is 56.8. The van der Waals surface area contributed by atoms with E-state index in [9.17, 15) is 14.4 Å². The molecule has 0 radical (unpaired) electrons. The molecule has 0 aliphatic carbocycles. The van der Waals surface area contributed by atoms with Gasteiger partial charge in [-0.3, -0.25) is 14.4 Å². The number of esters is 3. The molecule has 0 N–H and O–H groups in total. The molecule has 0 aromatic carbocycles. The van der Waals surface area contributed by atoms with Crippen LogP contribution in [0, 0.1) is 0 Å². The van der Waals surface area contributed by atoms with E-state index in [-0.39, 0.29) is 31.1 Å². The largest absolute Gasteiger partial charge is 0.462 e. The van der Waals surface area contributed by atoms with Gasteiger partial charge >= 0.3 is 17.9 Å². The fraction of sp³-hybridized carbons (Fsp3) is 0.935. The van der Waals surface area contributed by atoms with Gasteiger partial charge in [-0.05, 0) is 44.9 Å². The first kappa shape index (κ1) is 81.2. The molecule has 6 heteroatoms. The van der Waals surface area contributed by atoms with Crippen molar-refractivity contribution in [1.82, 2.24) is 0 Å². The molecular weight excluding hydrogens is 1020 g/mol. The Balaban J connectivity index is 4.15. The van der Waals surface area contributed by atoms with Crippen LogP contribution in [0.25, 0.3) is 0 Å². The second-order valence-electron chi connectivity index (χ2n) is 26.3. The highest BCUT2D eigenvalue weighted by molar-refractivity contribution is 5.71. The van der Waals surface area contributed by atoms with Crippen molar-refractivity contribution in [3.8, 4) is 0 Å². The third-order valence-electron chi connectivity index (χ3n) is 17.8. The van der Waals surface area contributed by atoms with Crippen molar-refractivity contribution >= 4 is 17.9 Å². The predicted molar refractivity (Wildman–Crippen MR) is 363 cm³/mol. The minimum absolute atomic E-state index is 0.0636. The highest BCUT2D eigenvalue weighted by atomic mass is 16.6. The molecule has 0 spiro atoms.